The number of hydrogen-bond donors (Lipinski definition) is 1. The summed E-state index contributed by atoms with van der Waals surface area (Å²) in [6, 6.07) is 9.10. The summed E-state index contributed by atoms with van der Waals surface area (Å²) in [5.41, 5.74) is 3.20. The van der Waals surface area contributed by atoms with E-state index in [-0.39, 0.29) is 6.04 Å². The number of nitrogens with zero attached hydrogens (tertiary/aromatic N) is 2. The molecule has 0 aliphatic rings. The van der Waals surface area contributed by atoms with E-state index in [0.29, 0.717) is 15.6 Å². The zero-order chi connectivity index (χ0) is 19.8. The van der Waals surface area contributed by atoms with Crippen molar-refractivity contribution in [3.8, 4) is 22.0 Å². The van der Waals surface area contributed by atoms with Gasteiger partial charge >= 0.3 is 0 Å². The monoisotopic (exact) mass is 423 g/mol. The molecule has 3 rings (SSSR count). The van der Waals surface area contributed by atoms with Gasteiger partial charge in [-0.25, -0.2) is 18.1 Å². The van der Waals surface area contributed by atoms with Crippen LogP contribution in [0.15, 0.2) is 40.6 Å². The fraction of sp³-hybridized carbons (Fsp3) is 0.316. The Hall–Kier alpha value is -1.67. The third-order valence-corrected chi connectivity index (χ3v) is 7.40. The van der Waals surface area contributed by atoms with Gasteiger partial charge in [-0.2, -0.15) is 0 Å². The summed E-state index contributed by atoms with van der Waals surface area (Å²) in [5, 5.41) is 3.37. The molecular formula is C19H22ClN3O2S2. The van der Waals surface area contributed by atoms with E-state index in [4.69, 9.17) is 16.6 Å². The molecular weight excluding hydrogens is 402 g/mol. The van der Waals surface area contributed by atoms with Crippen LogP contribution in [0.4, 0.5) is 0 Å². The SMILES string of the molecule is CC[C@H](C)NS(=O)(=O)c1cc(-c2nc(-c3cccc(Cl)c3)cs2)n(C)c1C. The fourth-order valence-corrected chi connectivity index (χ4v) is 5.42. The molecule has 2 aromatic heterocycles. The number of benzene rings is 1. The molecule has 27 heavy (non-hydrogen) atoms. The first kappa shape index (κ1) is 20.1. The number of sulfonamides is 1. The number of hydrogen-bond acceptors (Lipinski definition) is 4. The fourth-order valence-electron chi connectivity index (χ4n) is 2.73. The largest absolute Gasteiger partial charge is 0.345 e. The molecule has 1 atom stereocenters. The highest BCUT2D eigenvalue weighted by Crippen LogP contribution is 2.33. The van der Waals surface area contributed by atoms with Crippen LogP contribution in [-0.2, 0) is 17.1 Å². The van der Waals surface area contributed by atoms with Crippen molar-refractivity contribution in [2.75, 3.05) is 0 Å². The standard InChI is InChI=1S/C19H22ClN3O2S2/c1-5-12(2)22-27(24,25)18-10-17(23(4)13(18)3)19-21-16(11-26-19)14-7-6-8-15(20)9-14/h6-12,22H,5H2,1-4H3/t12-/m0/s1. The molecule has 0 aliphatic heterocycles. The maximum Gasteiger partial charge on any atom is 0.242 e. The lowest BCUT2D eigenvalue weighted by molar-refractivity contribution is 0.555. The van der Waals surface area contributed by atoms with Crippen LogP contribution in [0.2, 0.25) is 5.02 Å². The first-order valence-electron chi connectivity index (χ1n) is 8.63. The Morgan fingerprint density at radius 2 is 2.07 bits per heavy atom. The van der Waals surface area contributed by atoms with Gasteiger partial charge in [0, 0.05) is 34.7 Å². The second-order valence-electron chi connectivity index (χ2n) is 6.52. The molecule has 0 bridgehead atoms. The third-order valence-electron chi connectivity index (χ3n) is 4.59. The van der Waals surface area contributed by atoms with Crippen molar-refractivity contribution in [1.82, 2.24) is 14.3 Å². The summed E-state index contributed by atoms with van der Waals surface area (Å²) < 4.78 is 30.0. The van der Waals surface area contributed by atoms with Crippen molar-refractivity contribution in [2.24, 2.45) is 7.05 Å². The van der Waals surface area contributed by atoms with Crippen LogP contribution in [0.1, 0.15) is 26.0 Å². The Balaban J connectivity index is 2.00. The van der Waals surface area contributed by atoms with Gasteiger partial charge in [0.2, 0.25) is 10.0 Å². The van der Waals surface area contributed by atoms with Crippen LogP contribution in [-0.4, -0.2) is 24.0 Å². The van der Waals surface area contributed by atoms with Crippen LogP contribution in [0.3, 0.4) is 0 Å². The molecule has 2 heterocycles. The Morgan fingerprint density at radius 1 is 1.33 bits per heavy atom. The normalized spacial score (nSPS) is 13.1. The van der Waals surface area contributed by atoms with E-state index < -0.39 is 10.0 Å². The van der Waals surface area contributed by atoms with Crippen molar-refractivity contribution in [2.45, 2.75) is 38.1 Å². The van der Waals surface area contributed by atoms with Crippen molar-refractivity contribution in [3.05, 3.63) is 46.4 Å². The van der Waals surface area contributed by atoms with E-state index in [1.54, 1.807) is 13.0 Å². The Labute approximate surface area is 169 Å². The summed E-state index contributed by atoms with van der Waals surface area (Å²) in [4.78, 5) is 4.98. The molecule has 0 radical (unpaired) electrons. The highest BCUT2D eigenvalue weighted by molar-refractivity contribution is 7.89. The third kappa shape index (κ3) is 4.11. The molecule has 0 spiro atoms. The minimum atomic E-state index is -3.57. The molecule has 0 amide bonds. The number of halogens is 1. The zero-order valence-corrected chi connectivity index (χ0v) is 18.0. The zero-order valence-electron chi connectivity index (χ0n) is 15.7. The second-order valence-corrected chi connectivity index (χ2v) is 9.49. The quantitative estimate of drug-likeness (QED) is 0.616. The van der Waals surface area contributed by atoms with Crippen LogP contribution in [0.5, 0.6) is 0 Å². The second kappa shape index (κ2) is 7.75. The summed E-state index contributed by atoms with van der Waals surface area (Å²) in [7, 11) is -1.72. The van der Waals surface area contributed by atoms with Gasteiger partial charge < -0.3 is 4.57 Å². The average molecular weight is 424 g/mol. The van der Waals surface area contributed by atoms with Gasteiger partial charge in [-0.05, 0) is 38.5 Å². The molecule has 1 N–H and O–H groups in total. The highest BCUT2D eigenvalue weighted by atomic mass is 35.5. The molecule has 1 aromatic carbocycles. The maximum atomic E-state index is 12.7. The van der Waals surface area contributed by atoms with Crippen molar-refractivity contribution in [1.29, 1.82) is 0 Å². The van der Waals surface area contributed by atoms with Crippen LogP contribution in [0.25, 0.3) is 22.0 Å². The van der Waals surface area contributed by atoms with Crippen molar-refractivity contribution in [3.63, 3.8) is 0 Å². The van der Waals surface area contributed by atoms with Gasteiger partial charge in [0.15, 0.2) is 0 Å². The summed E-state index contributed by atoms with van der Waals surface area (Å²) in [6.45, 7) is 5.61. The molecule has 8 heteroatoms. The number of nitrogens with one attached hydrogen (secondary N) is 1. The number of rotatable bonds is 6. The van der Waals surface area contributed by atoms with E-state index >= 15 is 0 Å². The number of aromatic nitrogens is 2. The van der Waals surface area contributed by atoms with Crippen LogP contribution < -0.4 is 4.72 Å². The minimum Gasteiger partial charge on any atom is -0.345 e. The first-order valence-corrected chi connectivity index (χ1v) is 11.4. The van der Waals surface area contributed by atoms with Crippen molar-refractivity contribution < 1.29 is 8.42 Å². The number of thiazole rings is 1. The van der Waals surface area contributed by atoms with E-state index in [0.717, 1.165) is 28.4 Å². The van der Waals surface area contributed by atoms with Gasteiger partial charge in [0.1, 0.15) is 9.90 Å². The Morgan fingerprint density at radius 3 is 2.74 bits per heavy atom. The minimum absolute atomic E-state index is 0.118. The van der Waals surface area contributed by atoms with Gasteiger partial charge in [-0.15, -0.1) is 11.3 Å². The van der Waals surface area contributed by atoms with Gasteiger partial charge in [0.05, 0.1) is 11.4 Å². The highest BCUT2D eigenvalue weighted by Gasteiger charge is 2.24. The lowest BCUT2D eigenvalue weighted by atomic mass is 10.2. The van der Waals surface area contributed by atoms with Crippen molar-refractivity contribution >= 4 is 33.0 Å². The molecule has 144 valence electrons. The maximum absolute atomic E-state index is 12.7. The van der Waals surface area contributed by atoms with Gasteiger partial charge in [-0.1, -0.05) is 30.7 Å². The van der Waals surface area contributed by atoms with E-state index in [1.807, 2.05) is 55.1 Å². The summed E-state index contributed by atoms with van der Waals surface area (Å²) in [6.07, 6.45) is 0.730. The molecule has 3 aromatic rings. The molecule has 0 aliphatic carbocycles. The van der Waals surface area contributed by atoms with Crippen LogP contribution >= 0.6 is 22.9 Å². The van der Waals surface area contributed by atoms with Gasteiger partial charge in [-0.3, -0.25) is 0 Å². The molecule has 0 saturated heterocycles. The Kier molecular flexibility index (Phi) is 5.76. The lowest BCUT2D eigenvalue weighted by Gasteiger charge is -2.11. The Bertz CT molecular complexity index is 1070. The average Bonchev–Trinajstić information content (AvgIpc) is 3.21. The van der Waals surface area contributed by atoms with E-state index in [9.17, 15) is 8.42 Å². The van der Waals surface area contributed by atoms with Crippen LogP contribution in [0, 0.1) is 6.92 Å². The topological polar surface area (TPSA) is 64.0 Å². The molecule has 5 nitrogen and oxygen atoms in total. The lowest BCUT2D eigenvalue weighted by Crippen LogP contribution is -2.32. The van der Waals surface area contributed by atoms with E-state index in [1.165, 1.54) is 11.3 Å². The smallest absolute Gasteiger partial charge is 0.242 e. The predicted molar refractivity (Wildman–Crippen MR) is 112 cm³/mol. The molecule has 0 unspecified atom stereocenters. The van der Waals surface area contributed by atoms with E-state index in [2.05, 4.69) is 4.72 Å². The molecule has 0 saturated carbocycles. The first-order chi connectivity index (χ1) is 12.7. The summed E-state index contributed by atoms with van der Waals surface area (Å²) >= 11 is 7.55. The predicted octanol–water partition coefficient (Wildman–Crippen LogP) is 4.85. The molecule has 0 fully saturated rings. The van der Waals surface area contributed by atoms with Gasteiger partial charge in [0.25, 0.3) is 0 Å². The summed E-state index contributed by atoms with van der Waals surface area (Å²) in [5.74, 6) is 0.